The van der Waals surface area contributed by atoms with Crippen LogP contribution < -0.4 is 37.3 Å². The summed E-state index contributed by atoms with van der Waals surface area (Å²) in [6.07, 6.45) is 1.30. The Labute approximate surface area is 178 Å². The number of benzene rings is 2. The van der Waals surface area contributed by atoms with Crippen molar-refractivity contribution in [2.45, 2.75) is 50.4 Å². The van der Waals surface area contributed by atoms with Crippen LogP contribution in [0, 0.1) is 20.5 Å². The first-order valence-corrected chi connectivity index (χ1v) is 13.2. The van der Waals surface area contributed by atoms with Gasteiger partial charge in [-0.2, -0.15) is 0 Å². The molecule has 0 radical (unpaired) electrons. The summed E-state index contributed by atoms with van der Waals surface area (Å²) in [6.45, 7) is 4.84. The fraction of sp³-hybridized carbons (Fsp3) is 0.294. The first-order valence-electron chi connectivity index (χ1n) is 8.20. The van der Waals surface area contributed by atoms with Gasteiger partial charge in [0, 0.05) is 0 Å². The van der Waals surface area contributed by atoms with Gasteiger partial charge in [0.2, 0.25) is 19.6 Å². The number of rotatable bonds is 1. The Morgan fingerprint density at radius 3 is 1.21 bits per heavy atom. The Balaban J connectivity index is 0.000000253. The second-order valence-corrected chi connectivity index (χ2v) is 11.9. The maximum Gasteiger partial charge on any atom is 0.216 e. The van der Waals surface area contributed by atoms with Crippen molar-refractivity contribution in [3.63, 3.8) is 0 Å². The molecule has 0 saturated heterocycles. The summed E-state index contributed by atoms with van der Waals surface area (Å²) in [6, 6.07) is 18.4. The first-order chi connectivity index (χ1) is 13.3. The van der Waals surface area contributed by atoms with Crippen molar-refractivity contribution in [1.82, 2.24) is 0 Å². The van der Waals surface area contributed by atoms with Gasteiger partial charge in [-0.05, 0) is 37.6 Å². The normalized spacial score (nSPS) is 24.3. The molecule has 12 heteroatoms. The van der Waals surface area contributed by atoms with Crippen LogP contribution in [-0.4, -0.2) is 10.5 Å². The van der Waals surface area contributed by atoms with Gasteiger partial charge in [0.15, 0.2) is 10.5 Å². The van der Waals surface area contributed by atoms with E-state index in [4.69, 9.17) is 37.3 Å². The van der Waals surface area contributed by atoms with Crippen LogP contribution in [0.5, 0.6) is 0 Å². The molecule has 0 saturated carbocycles. The second kappa shape index (κ2) is 9.69. The summed E-state index contributed by atoms with van der Waals surface area (Å²) < 4.78 is 67.9. The van der Waals surface area contributed by atoms with Crippen LogP contribution in [0.15, 0.2) is 68.1 Å². The predicted molar refractivity (Wildman–Crippen MR) is 84.2 cm³/mol. The molecule has 8 nitrogen and oxygen atoms in total. The highest BCUT2D eigenvalue weighted by molar-refractivity contribution is 8.06. The van der Waals surface area contributed by atoms with Gasteiger partial charge in [0.05, 0.1) is 21.8 Å². The van der Waals surface area contributed by atoms with Crippen molar-refractivity contribution in [3.05, 3.63) is 48.5 Å². The van der Waals surface area contributed by atoms with E-state index in [0.717, 1.165) is 10.5 Å². The Bertz CT molecular complexity index is 756. The molecule has 2 aromatic carbocycles. The SMILES string of the molecule is CC[C@H]1[C@H](C)[S+]2c3ccccc3[S+]1c1ccccc12.[O-][Cl+3]([O-])([O-])[O-].[O-][Cl+3]([O-])([O-])[O-]. The molecular weight excluding hydrogens is 467 g/mol. The van der Waals surface area contributed by atoms with Crippen molar-refractivity contribution >= 4 is 21.8 Å². The molecule has 0 spiro atoms. The van der Waals surface area contributed by atoms with Gasteiger partial charge in [-0.3, -0.25) is 0 Å². The quantitative estimate of drug-likeness (QED) is 0.359. The van der Waals surface area contributed by atoms with Gasteiger partial charge in [0.25, 0.3) is 0 Å². The van der Waals surface area contributed by atoms with E-state index in [9.17, 15) is 0 Å². The fourth-order valence-corrected chi connectivity index (χ4v) is 10.4. The molecule has 0 unspecified atom stereocenters. The predicted octanol–water partition coefficient (Wildman–Crippen LogP) is -5.26. The lowest BCUT2D eigenvalue weighted by atomic mass is 10.2. The van der Waals surface area contributed by atoms with Crippen LogP contribution in [0.1, 0.15) is 20.3 Å². The molecule has 2 bridgehead atoms. The highest BCUT2D eigenvalue weighted by Gasteiger charge is 2.62. The third-order valence-corrected chi connectivity index (χ3v) is 10.4. The van der Waals surface area contributed by atoms with Crippen LogP contribution in [0.4, 0.5) is 0 Å². The molecule has 3 aliphatic rings. The minimum Gasteiger partial charge on any atom is -0.222 e. The van der Waals surface area contributed by atoms with Gasteiger partial charge < -0.3 is 0 Å². The van der Waals surface area contributed by atoms with Crippen LogP contribution in [0.25, 0.3) is 0 Å². The molecule has 160 valence electrons. The van der Waals surface area contributed by atoms with Gasteiger partial charge >= 0.3 is 0 Å². The molecule has 3 heterocycles. The molecule has 0 aromatic heterocycles. The Morgan fingerprint density at radius 2 is 0.931 bits per heavy atom. The molecule has 0 fully saturated rings. The topological polar surface area (TPSA) is 184 Å². The highest BCUT2D eigenvalue weighted by Crippen LogP contribution is 2.53. The van der Waals surface area contributed by atoms with Gasteiger partial charge in [-0.15, -0.1) is 20.5 Å². The summed E-state index contributed by atoms with van der Waals surface area (Å²) in [5.41, 5.74) is 0. The van der Waals surface area contributed by atoms with Crippen molar-refractivity contribution in [2.75, 3.05) is 0 Å². The van der Waals surface area contributed by atoms with E-state index in [1.807, 2.05) is 0 Å². The van der Waals surface area contributed by atoms with E-state index in [0.29, 0.717) is 21.8 Å². The Kier molecular flexibility index (Phi) is 8.24. The van der Waals surface area contributed by atoms with E-state index in [2.05, 4.69) is 62.4 Å². The summed E-state index contributed by atoms with van der Waals surface area (Å²) in [4.78, 5) is 6.52. The maximum atomic E-state index is 8.49. The van der Waals surface area contributed by atoms with Crippen molar-refractivity contribution in [2.24, 2.45) is 0 Å². The molecule has 5 rings (SSSR count). The highest BCUT2D eigenvalue weighted by atomic mass is 35.7. The molecule has 3 aliphatic heterocycles. The molecule has 2 aromatic rings. The molecule has 2 atom stereocenters. The zero-order valence-corrected chi connectivity index (χ0v) is 18.5. The molecule has 0 N–H and O–H groups in total. The number of hydrogen-bond donors (Lipinski definition) is 0. The first kappa shape index (κ1) is 24.7. The average molecular weight is 485 g/mol. The average Bonchev–Trinajstić information content (AvgIpc) is 2.59. The minimum atomic E-state index is -4.94. The maximum absolute atomic E-state index is 8.49. The van der Waals surface area contributed by atoms with E-state index < -0.39 is 20.5 Å². The van der Waals surface area contributed by atoms with Crippen LogP contribution in [0.3, 0.4) is 0 Å². The third-order valence-electron chi connectivity index (χ3n) is 4.25. The van der Waals surface area contributed by atoms with Crippen molar-refractivity contribution in [1.29, 1.82) is 0 Å². The van der Waals surface area contributed by atoms with Crippen LogP contribution in [0.2, 0.25) is 0 Å². The lowest BCUT2D eigenvalue weighted by molar-refractivity contribution is -2.00. The number of fused-ring (bicyclic) bond motifs is 1. The van der Waals surface area contributed by atoms with Crippen molar-refractivity contribution in [3.8, 4) is 0 Å². The Morgan fingerprint density at radius 1 is 0.655 bits per heavy atom. The zero-order chi connectivity index (χ0) is 22.0. The largest absolute Gasteiger partial charge is 0.222 e. The lowest BCUT2D eigenvalue weighted by Crippen LogP contribution is -2.68. The van der Waals surface area contributed by atoms with Crippen LogP contribution in [-0.2, 0) is 21.8 Å². The van der Waals surface area contributed by atoms with E-state index in [-0.39, 0.29) is 0 Å². The standard InChI is InChI=1S/C17H18S2.2ClHO4/c1-3-13-12(2)18-14-8-4-6-10-16(14)19(13)17-11-7-5-9-15(17)18;2*2-1(3,4)5/h4-13H,3H2,1-2H3;2*(H,2,3,4,5)/q+2;;/p-2/t12-,13-,18?,19?;;/m0../s1. The number of hydrogen-bond acceptors (Lipinski definition) is 8. The summed E-state index contributed by atoms with van der Waals surface area (Å²) in [5, 5.41) is 1.64. The molecule has 29 heavy (non-hydrogen) atoms. The zero-order valence-electron chi connectivity index (χ0n) is 15.3. The summed E-state index contributed by atoms with van der Waals surface area (Å²) in [7, 11) is -9.29. The fourth-order valence-electron chi connectivity index (χ4n) is 3.43. The summed E-state index contributed by atoms with van der Waals surface area (Å²) >= 11 is 0. The third kappa shape index (κ3) is 6.69. The van der Waals surface area contributed by atoms with Crippen LogP contribution >= 0.6 is 0 Å². The minimum absolute atomic E-state index is 0.297. The second-order valence-electron chi connectivity index (χ2n) is 5.98. The monoisotopic (exact) mass is 484 g/mol. The van der Waals surface area contributed by atoms with Gasteiger partial charge in [0.1, 0.15) is 0 Å². The van der Waals surface area contributed by atoms with E-state index in [1.165, 1.54) is 6.42 Å². The lowest BCUT2D eigenvalue weighted by Gasteiger charge is -2.33. The molecular formula is C17H18Cl2O8S2. The van der Waals surface area contributed by atoms with E-state index in [1.54, 1.807) is 19.6 Å². The molecule has 0 amide bonds. The van der Waals surface area contributed by atoms with Gasteiger partial charge in [-0.1, -0.05) is 31.2 Å². The van der Waals surface area contributed by atoms with Gasteiger partial charge in [-0.25, -0.2) is 37.3 Å². The summed E-state index contributed by atoms with van der Waals surface area (Å²) in [5.74, 6) is 0. The smallest absolute Gasteiger partial charge is 0.216 e. The molecule has 0 aliphatic carbocycles. The van der Waals surface area contributed by atoms with Crippen molar-refractivity contribution < 1.29 is 57.8 Å². The van der Waals surface area contributed by atoms with E-state index >= 15 is 0 Å². The Hall–Kier alpha value is -0.600. The number of halogens is 2.